The Kier molecular flexibility index (Phi) is 7.42. The summed E-state index contributed by atoms with van der Waals surface area (Å²) in [5.74, 6) is -0.864. The molecule has 0 saturated carbocycles. The summed E-state index contributed by atoms with van der Waals surface area (Å²) in [4.78, 5) is 23.4. The van der Waals surface area contributed by atoms with Crippen molar-refractivity contribution in [3.63, 3.8) is 0 Å². The summed E-state index contributed by atoms with van der Waals surface area (Å²) in [5, 5.41) is 13.2. The molecule has 7 nitrogen and oxygen atoms in total. The maximum absolute atomic E-state index is 12.1. The molecule has 0 radical (unpaired) electrons. The topological polar surface area (TPSA) is 93.2 Å². The lowest BCUT2D eigenvalue weighted by atomic mass is 10.3. The minimum absolute atomic E-state index is 0.0261. The maximum Gasteiger partial charge on any atom is 0.573 e. The van der Waals surface area contributed by atoms with Crippen LogP contribution >= 0.6 is 23.1 Å². The van der Waals surface area contributed by atoms with E-state index >= 15 is 0 Å². The lowest BCUT2D eigenvalue weighted by Gasteiger charge is -2.09. The van der Waals surface area contributed by atoms with Gasteiger partial charge in [-0.2, -0.15) is 0 Å². The molecule has 0 bridgehead atoms. The molecule has 0 unspecified atom stereocenters. The number of benzene rings is 1. The molecule has 0 aliphatic carbocycles. The van der Waals surface area contributed by atoms with Crippen LogP contribution < -0.4 is 15.4 Å². The summed E-state index contributed by atoms with van der Waals surface area (Å²) in [6.07, 6.45) is -3.66. The largest absolute Gasteiger partial charge is 0.573 e. The fourth-order valence-electron chi connectivity index (χ4n) is 1.79. The molecule has 2 amide bonds. The van der Waals surface area contributed by atoms with Crippen LogP contribution in [0.5, 0.6) is 5.75 Å². The second-order valence-corrected chi connectivity index (χ2v) is 7.28. The van der Waals surface area contributed by atoms with Crippen molar-refractivity contribution in [2.45, 2.75) is 30.5 Å². The van der Waals surface area contributed by atoms with Gasteiger partial charge in [-0.05, 0) is 30.7 Å². The number of ether oxygens (including phenoxy) is 1. The van der Waals surface area contributed by atoms with Crippen molar-refractivity contribution in [3.8, 4) is 5.75 Å². The van der Waals surface area contributed by atoms with Crippen LogP contribution in [-0.4, -0.2) is 34.1 Å². The van der Waals surface area contributed by atoms with Gasteiger partial charge in [-0.3, -0.25) is 9.59 Å². The van der Waals surface area contributed by atoms with Crippen LogP contribution in [0.2, 0.25) is 0 Å². The molecule has 12 heteroatoms. The van der Waals surface area contributed by atoms with E-state index in [0.29, 0.717) is 21.6 Å². The third kappa shape index (κ3) is 7.83. The van der Waals surface area contributed by atoms with Crippen LogP contribution in [0.15, 0.2) is 28.6 Å². The standard InChI is InChI=1S/C15H15F3N4O3S2/c1-2-3-11(23)20-13-21-22-14(27-13)26-8-12(24)19-9-4-6-10(7-5-9)25-15(16,17)18/h4-7H,2-3,8H2,1H3,(H,19,24)(H,20,21,23). The van der Waals surface area contributed by atoms with Crippen molar-refractivity contribution in [3.05, 3.63) is 24.3 Å². The summed E-state index contributed by atoms with van der Waals surface area (Å²) < 4.78 is 40.5. The number of nitrogens with one attached hydrogen (secondary N) is 2. The van der Waals surface area contributed by atoms with Gasteiger partial charge in [0.15, 0.2) is 4.34 Å². The van der Waals surface area contributed by atoms with Crippen LogP contribution in [-0.2, 0) is 9.59 Å². The first-order valence-corrected chi connectivity index (χ1v) is 9.47. The third-order valence-electron chi connectivity index (χ3n) is 2.83. The monoisotopic (exact) mass is 420 g/mol. The van der Waals surface area contributed by atoms with E-state index in [9.17, 15) is 22.8 Å². The Balaban J connectivity index is 1.79. The maximum atomic E-state index is 12.1. The number of nitrogens with zero attached hydrogens (tertiary/aromatic N) is 2. The van der Waals surface area contributed by atoms with Crippen LogP contribution in [0.25, 0.3) is 0 Å². The van der Waals surface area contributed by atoms with Crippen molar-refractivity contribution in [2.24, 2.45) is 0 Å². The molecule has 2 aromatic rings. The van der Waals surface area contributed by atoms with Gasteiger partial charge in [0.05, 0.1) is 5.75 Å². The van der Waals surface area contributed by atoms with E-state index in [1.807, 2.05) is 6.92 Å². The minimum atomic E-state index is -4.77. The molecule has 146 valence electrons. The Morgan fingerprint density at radius 2 is 1.85 bits per heavy atom. The van der Waals surface area contributed by atoms with Crippen LogP contribution in [0.3, 0.4) is 0 Å². The van der Waals surface area contributed by atoms with Gasteiger partial charge in [-0.25, -0.2) is 0 Å². The van der Waals surface area contributed by atoms with Crippen molar-refractivity contribution in [1.29, 1.82) is 0 Å². The number of hydrogen-bond acceptors (Lipinski definition) is 7. The highest BCUT2D eigenvalue weighted by Gasteiger charge is 2.30. The Labute approximate surface area is 160 Å². The summed E-state index contributed by atoms with van der Waals surface area (Å²) in [6.45, 7) is 1.89. The molecule has 1 aromatic heterocycles. The molecule has 0 spiro atoms. The highest BCUT2D eigenvalue weighted by molar-refractivity contribution is 8.01. The van der Waals surface area contributed by atoms with Gasteiger partial charge in [-0.15, -0.1) is 23.4 Å². The molecule has 2 rings (SSSR count). The van der Waals surface area contributed by atoms with Gasteiger partial charge >= 0.3 is 6.36 Å². The van der Waals surface area contributed by atoms with Crippen LogP contribution in [0, 0.1) is 0 Å². The number of thioether (sulfide) groups is 1. The van der Waals surface area contributed by atoms with E-state index in [1.54, 1.807) is 0 Å². The van der Waals surface area contributed by atoms with E-state index in [2.05, 4.69) is 25.6 Å². The zero-order chi connectivity index (χ0) is 19.9. The summed E-state index contributed by atoms with van der Waals surface area (Å²) in [7, 11) is 0. The molecule has 2 N–H and O–H groups in total. The molecule has 0 saturated heterocycles. The Hall–Kier alpha value is -2.34. The highest BCUT2D eigenvalue weighted by atomic mass is 32.2. The van der Waals surface area contributed by atoms with Crippen molar-refractivity contribution >= 4 is 45.7 Å². The molecule has 0 aliphatic heterocycles. The van der Waals surface area contributed by atoms with Crippen molar-refractivity contribution in [2.75, 3.05) is 16.4 Å². The number of hydrogen-bond donors (Lipinski definition) is 2. The van der Waals surface area contributed by atoms with E-state index in [1.165, 1.54) is 12.1 Å². The predicted molar refractivity (Wildman–Crippen MR) is 95.9 cm³/mol. The number of amides is 2. The van der Waals surface area contributed by atoms with Gasteiger partial charge in [0.25, 0.3) is 0 Å². The lowest BCUT2D eigenvalue weighted by Crippen LogP contribution is -2.17. The second-order valence-electron chi connectivity index (χ2n) is 5.08. The molecule has 27 heavy (non-hydrogen) atoms. The molecule has 1 aromatic carbocycles. The minimum Gasteiger partial charge on any atom is -0.406 e. The molecular formula is C15H15F3N4O3S2. The normalized spacial score (nSPS) is 11.1. The molecule has 0 fully saturated rings. The lowest BCUT2D eigenvalue weighted by molar-refractivity contribution is -0.274. The Morgan fingerprint density at radius 1 is 1.15 bits per heavy atom. The quantitative estimate of drug-likeness (QED) is 0.497. The van der Waals surface area contributed by atoms with Crippen molar-refractivity contribution in [1.82, 2.24) is 10.2 Å². The molecule has 1 heterocycles. The van der Waals surface area contributed by atoms with Gasteiger partial charge in [0.2, 0.25) is 16.9 Å². The number of rotatable bonds is 8. The zero-order valence-corrected chi connectivity index (χ0v) is 15.6. The van der Waals surface area contributed by atoms with Crippen LogP contribution in [0.1, 0.15) is 19.8 Å². The summed E-state index contributed by atoms with van der Waals surface area (Å²) in [6, 6.07) is 4.81. The first-order chi connectivity index (χ1) is 12.7. The third-order valence-corrected chi connectivity index (χ3v) is 4.80. The van der Waals surface area contributed by atoms with E-state index < -0.39 is 6.36 Å². The van der Waals surface area contributed by atoms with Gasteiger partial charge in [0.1, 0.15) is 5.75 Å². The van der Waals surface area contributed by atoms with E-state index in [-0.39, 0.29) is 23.3 Å². The first kappa shape index (κ1) is 21.0. The highest BCUT2D eigenvalue weighted by Crippen LogP contribution is 2.26. The van der Waals surface area contributed by atoms with Gasteiger partial charge in [-0.1, -0.05) is 30.0 Å². The Bertz CT molecular complexity index is 781. The van der Waals surface area contributed by atoms with E-state index in [0.717, 1.165) is 41.7 Å². The SMILES string of the molecule is CCCC(=O)Nc1nnc(SCC(=O)Nc2ccc(OC(F)(F)F)cc2)s1. The van der Waals surface area contributed by atoms with Crippen molar-refractivity contribution < 1.29 is 27.5 Å². The number of anilines is 2. The number of carbonyl (C=O) groups is 2. The van der Waals surface area contributed by atoms with E-state index in [4.69, 9.17) is 0 Å². The van der Waals surface area contributed by atoms with Gasteiger partial charge < -0.3 is 15.4 Å². The predicted octanol–water partition coefficient (Wildman–Crippen LogP) is 3.91. The number of alkyl halides is 3. The number of halogens is 3. The smallest absolute Gasteiger partial charge is 0.406 e. The summed E-state index contributed by atoms with van der Waals surface area (Å²) in [5.41, 5.74) is 0.333. The first-order valence-electron chi connectivity index (χ1n) is 7.67. The van der Waals surface area contributed by atoms with Gasteiger partial charge in [0, 0.05) is 12.1 Å². The number of aromatic nitrogens is 2. The van der Waals surface area contributed by atoms with Crippen LogP contribution in [0.4, 0.5) is 24.0 Å². The fraction of sp³-hybridized carbons (Fsp3) is 0.333. The molecule has 0 aliphatic rings. The Morgan fingerprint density at radius 3 is 2.48 bits per heavy atom. The zero-order valence-electron chi connectivity index (χ0n) is 14.0. The average molecular weight is 420 g/mol. The molecular weight excluding hydrogens is 405 g/mol. The average Bonchev–Trinajstić information content (AvgIpc) is 3.01. The molecule has 0 atom stereocenters. The second kappa shape index (κ2) is 9.55. The fourth-order valence-corrected chi connectivity index (χ4v) is 3.36. The number of carbonyl (C=O) groups excluding carboxylic acids is 2. The summed E-state index contributed by atoms with van der Waals surface area (Å²) >= 11 is 2.28.